The van der Waals surface area contributed by atoms with E-state index < -0.39 is 0 Å². The summed E-state index contributed by atoms with van der Waals surface area (Å²) in [5.74, 6) is 27.1. The van der Waals surface area contributed by atoms with E-state index in [0.717, 1.165) is 44.5 Å². The fraction of sp³-hybridized carbons (Fsp3) is 0.0500. The SMILES string of the molecule is BrCCOc1cccc(C#Cc2ccccc2C#Cc2ccccc2)c1C#Cc1ccccc1C#Cc1ccccc1. The first-order valence-electron chi connectivity index (χ1n) is 13.5. The van der Waals surface area contributed by atoms with Crippen molar-refractivity contribution in [2.45, 2.75) is 0 Å². The number of hydrogen-bond acceptors (Lipinski definition) is 1. The Kier molecular flexibility index (Phi) is 9.96. The fourth-order valence-electron chi connectivity index (χ4n) is 4.02. The maximum absolute atomic E-state index is 6.05. The van der Waals surface area contributed by atoms with Gasteiger partial charge in [0.15, 0.2) is 0 Å². The van der Waals surface area contributed by atoms with E-state index in [1.54, 1.807) is 0 Å². The molecule has 0 atom stereocenters. The van der Waals surface area contributed by atoms with E-state index in [0.29, 0.717) is 17.7 Å². The molecule has 0 aliphatic carbocycles. The van der Waals surface area contributed by atoms with Gasteiger partial charge in [-0.1, -0.05) is 130 Å². The number of hydrogen-bond donors (Lipinski definition) is 0. The summed E-state index contributed by atoms with van der Waals surface area (Å²) in [7, 11) is 0. The highest BCUT2D eigenvalue weighted by molar-refractivity contribution is 9.09. The molecule has 0 heterocycles. The van der Waals surface area contributed by atoms with Crippen LogP contribution in [0, 0.1) is 47.4 Å². The Bertz CT molecular complexity index is 1930. The first kappa shape index (κ1) is 28.2. The quantitative estimate of drug-likeness (QED) is 0.150. The second-order valence-electron chi connectivity index (χ2n) is 9.04. The highest BCUT2D eigenvalue weighted by Crippen LogP contribution is 2.22. The van der Waals surface area contributed by atoms with Crippen molar-refractivity contribution in [3.05, 3.63) is 172 Å². The summed E-state index contributed by atoms with van der Waals surface area (Å²) < 4.78 is 6.05. The molecule has 0 saturated carbocycles. The second kappa shape index (κ2) is 14.8. The van der Waals surface area contributed by atoms with Gasteiger partial charge < -0.3 is 4.74 Å². The lowest BCUT2D eigenvalue weighted by Gasteiger charge is -2.08. The van der Waals surface area contributed by atoms with Crippen LogP contribution in [-0.4, -0.2) is 11.9 Å². The monoisotopic (exact) mass is 600 g/mol. The van der Waals surface area contributed by atoms with Crippen LogP contribution in [0.2, 0.25) is 0 Å². The van der Waals surface area contributed by atoms with Crippen LogP contribution >= 0.6 is 15.9 Å². The zero-order valence-electron chi connectivity index (χ0n) is 22.8. The maximum atomic E-state index is 6.05. The predicted octanol–water partition coefficient (Wildman–Crippen LogP) is 8.06. The summed E-state index contributed by atoms with van der Waals surface area (Å²) in [6, 6.07) is 41.6. The van der Waals surface area contributed by atoms with Gasteiger partial charge in [0.2, 0.25) is 0 Å². The third-order valence-electron chi connectivity index (χ3n) is 6.10. The Morgan fingerprint density at radius 3 is 1.31 bits per heavy atom. The summed E-state index contributed by atoms with van der Waals surface area (Å²) in [5, 5.41) is 0.709. The zero-order chi connectivity index (χ0) is 28.8. The molecule has 0 saturated heterocycles. The molecule has 0 aromatic heterocycles. The van der Waals surface area contributed by atoms with Gasteiger partial charge in [-0.2, -0.15) is 0 Å². The Morgan fingerprint density at radius 1 is 0.405 bits per heavy atom. The summed E-state index contributed by atoms with van der Waals surface area (Å²) in [4.78, 5) is 0. The van der Waals surface area contributed by atoms with E-state index in [-0.39, 0.29) is 0 Å². The first-order valence-corrected chi connectivity index (χ1v) is 14.6. The van der Waals surface area contributed by atoms with Crippen LogP contribution in [0.15, 0.2) is 127 Å². The number of ether oxygens (including phenoxy) is 1. The molecular weight excluding hydrogens is 576 g/mol. The molecule has 0 spiro atoms. The topological polar surface area (TPSA) is 9.23 Å². The van der Waals surface area contributed by atoms with Gasteiger partial charge in [0.25, 0.3) is 0 Å². The van der Waals surface area contributed by atoms with Crippen LogP contribution < -0.4 is 4.74 Å². The van der Waals surface area contributed by atoms with Gasteiger partial charge in [-0.05, 0) is 60.7 Å². The van der Waals surface area contributed by atoms with E-state index >= 15 is 0 Å². The molecule has 0 N–H and O–H groups in total. The minimum absolute atomic E-state index is 0.516. The molecule has 5 aromatic carbocycles. The summed E-state index contributed by atoms with van der Waals surface area (Å²) in [6.45, 7) is 0.516. The summed E-state index contributed by atoms with van der Waals surface area (Å²) in [6.07, 6.45) is 0. The van der Waals surface area contributed by atoms with Gasteiger partial charge in [-0.15, -0.1) is 0 Å². The Balaban J connectivity index is 1.52. The summed E-state index contributed by atoms with van der Waals surface area (Å²) >= 11 is 3.46. The highest BCUT2D eigenvalue weighted by atomic mass is 79.9. The minimum atomic E-state index is 0.516. The number of halogens is 1. The second-order valence-corrected chi connectivity index (χ2v) is 9.83. The molecule has 0 amide bonds. The van der Waals surface area contributed by atoms with E-state index in [9.17, 15) is 0 Å². The molecule has 0 radical (unpaired) electrons. The van der Waals surface area contributed by atoms with Gasteiger partial charge in [-0.3, -0.25) is 0 Å². The number of benzene rings is 5. The number of rotatable bonds is 3. The molecule has 0 aliphatic heterocycles. The minimum Gasteiger partial charge on any atom is -0.491 e. The van der Waals surface area contributed by atoms with Gasteiger partial charge in [0.05, 0.1) is 12.2 Å². The average molecular weight is 602 g/mol. The van der Waals surface area contributed by atoms with Crippen molar-refractivity contribution in [2.24, 2.45) is 0 Å². The standard InChI is InChI=1S/C40H25BrO/c41-30-31-42-40-21-11-20-38(27-26-36-18-9-7-16-34(36)24-22-32-12-3-1-4-13-32)39(40)29-28-37-19-10-8-17-35(37)25-23-33-14-5-2-6-15-33/h1-21H,30-31H2. The van der Waals surface area contributed by atoms with Crippen molar-refractivity contribution in [3.8, 4) is 53.1 Å². The van der Waals surface area contributed by atoms with Gasteiger partial charge in [0, 0.05) is 44.3 Å². The number of alkyl halides is 1. The average Bonchev–Trinajstić information content (AvgIpc) is 3.05. The van der Waals surface area contributed by atoms with Gasteiger partial charge in [-0.25, -0.2) is 0 Å². The van der Waals surface area contributed by atoms with Crippen molar-refractivity contribution in [2.75, 3.05) is 11.9 Å². The fourth-order valence-corrected chi connectivity index (χ4v) is 4.18. The molecule has 0 unspecified atom stereocenters. The normalized spacial score (nSPS) is 9.45. The van der Waals surface area contributed by atoms with E-state index in [1.165, 1.54) is 0 Å². The lowest BCUT2D eigenvalue weighted by Crippen LogP contribution is -2.01. The van der Waals surface area contributed by atoms with Gasteiger partial charge in [0.1, 0.15) is 5.75 Å². The van der Waals surface area contributed by atoms with Crippen LogP contribution in [0.5, 0.6) is 5.75 Å². The Hall–Kier alpha value is -5.38. The third-order valence-corrected chi connectivity index (χ3v) is 6.42. The molecule has 2 heteroatoms. The summed E-state index contributed by atoms with van der Waals surface area (Å²) in [5.41, 5.74) is 6.89. The molecule has 0 bridgehead atoms. The van der Waals surface area contributed by atoms with Gasteiger partial charge >= 0.3 is 0 Å². The van der Waals surface area contributed by atoms with Crippen molar-refractivity contribution >= 4 is 15.9 Å². The molecule has 1 nitrogen and oxygen atoms in total. The molecule has 5 aromatic rings. The lowest BCUT2D eigenvalue weighted by atomic mass is 10.0. The largest absolute Gasteiger partial charge is 0.491 e. The van der Waals surface area contributed by atoms with E-state index in [4.69, 9.17) is 4.74 Å². The predicted molar refractivity (Wildman–Crippen MR) is 175 cm³/mol. The highest BCUT2D eigenvalue weighted by Gasteiger charge is 2.07. The van der Waals surface area contributed by atoms with Crippen molar-refractivity contribution in [1.82, 2.24) is 0 Å². The Morgan fingerprint density at radius 2 is 0.810 bits per heavy atom. The van der Waals surface area contributed by atoms with Crippen LogP contribution in [0.25, 0.3) is 0 Å². The van der Waals surface area contributed by atoms with Crippen LogP contribution in [0.1, 0.15) is 44.5 Å². The van der Waals surface area contributed by atoms with Crippen molar-refractivity contribution < 1.29 is 4.74 Å². The van der Waals surface area contributed by atoms with Crippen LogP contribution in [0.4, 0.5) is 0 Å². The van der Waals surface area contributed by atoms with E-state index in [1.807, 2.05) is 127 Å². The molecular formula is C40H25BrO. The molecule has 198 valence electrons. The smallest absolute Gasteiger partial charge is 0.136 e. The van der Waals surface area contributed by atoms with E-state index in [2.05, 4.69) is 63.3 Å². The molecule has 0 fully saturated rings. The van der Waals surface area contributed by atoms with Crippen LogP contribution in [-0.2, 0) is 0 Å². The third kappa shape index (κ3) is 7.85. The maximum Gasteiger partial charge on any atom is 0.136 e. The lowest BCUT2D eigenvalue weighted by molar-refractivity contribution is 0.344. The first-order chi connectivity index (χ1) is 20.8. The Labute approximate surface area is 256 Å². The molecule has 0 aliphatic rings. The molecule has 42 heavy (non-hydrogen) atoms. The zero-order valence-corrected chi connectivity index (χ0v) is 24.4. The van der Waals surface area contributed by atoms with Crippen LogP contribution in [0.3, 0.4) is 0 Å². The van der Waals surface area contributed by atoms with Crippen molar-refractivity contribution in [1.29, 1.82) is 0 Å². The molecule has 5 rings (SSSR count). The van der Waals surface area contributed by atoms with Crippen molar-refractivity contribution in [3.63, 3.8) is 0 Å².